The molecule has 0 aliphatic rings. The molecule has 1 N–H and O–H groups in total. The Morgan fingerprint density at radius 2 is 1.96 bits per heavy atom. The van der Waals surface area contributed by atoms with Crippen molar-refractivity contribution in [1.82, 2.24) is 14.8 Å². The molecule has 2 rings (SSSR count). The summed E-state index contributed by atoms with van der Waals surface area (Å²) in [5.74, 6) is -0.316. The van der Waals surface area contributed by atoms with Crippen LogP contribution in [0.4, 0.5) is 0 Å². The SMILES string of the molecule is CCN(CC)CCCNC(=O)c1cn(CC)c2cc(Cl)ccc2c1=O. The lowest BCUT2D eigenvalue weighted by Gasteiger charge is -2.17. The van der Waals surface area contributed by atoms with Crippen LogP contribution < -0.4 is 10.7 Å². The number of pyridine rings is 1. The first kappa shape index (κ1) is 19.5. The van der Waals surface area contributed by atoms with Crippen molar-refractivity contribution in [1.29, 1.82) is 0 Å². The van der Waals surface area contributed by atoms with Gasteiger partial charge in [-0.3, -0.25) is 9.59 Å². The molecule has 25 heavy (non-hydrogen) atoms. The Bertz CT molecular complexity index is 797. The maximum atomic E-state index is 12.7. The fourth-order valence-corrected chi connectivity index (χ4v) is 3.09. The van der Waals surface area contributed by atoms with Crippen LogP contribution in [0.15, 0.2) is 29.2 Å². The predicted octanol–water partition coefficient (Wildman–Crippen LogP) is 3.14. The summed E-state index contributed by atoms with van der Waals surface area (Å²) in [6.45, 7) is 10.4. The first-order chi connectivity index (χ1) is 12.0. The Morgan fingerprint density at radius 3 is 2.60 bits per heavy atom. The molecule has 0 radical (unpaired) electrons. The molecule has 0 aliphatic carbocycles. The highest BCUT2D eigenvalue weighted by molar-refractivity contribution is 6.31. The van der Waals surface area contributed by atoms with Gasteiger partial charge in [0, 0.05) is 29.7 Å². The Labute approximate surface area is 153 Å². The minimum atomic E-state index is -0.316. The van der Waals surface area contributed by atoms with Crippen LogP contribution in [0.3, 0.4) is 0 Å². The highest BCUT2D eigenvalue weighted by Crippen LogP contribution is 2.17. The molecule has 0 saturated heterocycles. The quantitative estimate of drug-likeness (QED) is 0.733. The van der Waals surface area contributed by atoms with Crippen LogP contribution in [-0.2, 0) is 6.54 Å². The zero-order valence-corrected chi connectivity index (χ0v) is 15.9. The number of aromatic nitrogens is 1. The first-order valence-electron chi connectivity index (χ1n) is 8.85. The van der Waals surface area contributed by atoms with E-state index in [1.807, 2.05) is 11.5 Å². The van der Waals surface area contributed by atoms with Crippen LogP contribution >= 0.6 is 11.6 Å². The second-order valence-electron chi connectivity index (χ2n) is 5.96. The molecule has 5 nitrogen and oxygen atoms in total. The van der Waals surface area contributed by atoms with E-state index >= 15 is 0 Å². The summed E-state index contributed by atoms with van der Waals surface area (Å²) >= 11 is 6.04. The molecular weight excluding hydrogens is 338 g/mol. The number of nitrogens with zero attached hydrogens (tertiary/aromatic N) is 2. The Kier molecular flexibility index (Phi) is 7.02. The number of hydrogen-bond donors (Lipinski definition) is 1. The summed E-state index contributed by atoms with van der Waals surface area (Å²) in [7, 11) is 0. The molecule has 2 aromatic rings. The maximum Gasteiger partial charge on any atom is 0.256 e. The number of rotatable bonds is 8. The summed E-state index contributed by atoms with van der Waals surface area (Å²) in [5.41, 5.74) is 0.676. The average molecular weight is 364 g/mol. The number of aryl methyl sites for hydroxylation is 1. The monoisotopic (exact) mass is 363 g/mol. The molecule has 0 saturated carbocycles. The third-order valence-electron chi connectivity index (χ3n) is 4.46. The molecule has 0 aliphatic heterocycles. The second-order valence-corrected chi connectivity index (χ2v) is 6.39. The van der Waals surface area contributed by atoms with Gasteiger partial charge in [-0.25, -0.2) is 0 Å². The zero-order valence-electron chi connectivity index (χ0n) is 15.1. The van der Waals surface area contributed by atoms with Crippen LogP contribution in [-0.4, -0.2) is 41.6 Å². The molecule has 0 fully saturated rings. The van der Waals surface area contributed by atoms with E-state index in [1.165, 1.54) is 0 Å². The normalized spacial score (nSPS) is 11.2. The van der Waals surface area contributed by atoms with E-state index in [2.05, 4.69) is 24.1 Å². The molecule has 1 heterocycles. The number of carbonyl (C=O) groups is 1. The van der Waals surface area contributed by atoms with Crippen molar-refractivity contribution in [3.05, 3.63) is 45.2 Å². The van der Waals surface area contributed by atoms with Crippen LogP contribution in [0, 0.1) is 0 Å². The van der Waals surface area contributed by atoms with Gasteiger partial charge >= 0.3 is 0 Å². The van der Waals surface area contributed by atoms with Gasteiger partial charge in [-0.1, -0.05) is 25.4 Å². The number of fused-ring (bicyclic) bond motifs is 1. The van der Waals surface area contributed by atoms with E-state index in [9.17, 15) is 9.59 Å². The Hall–Kier alpha value is -1.85. The summed E-state index contributed by atoms with van der Waals surface area (Å²) in [6, 6.07) is 5.12. The zero-order chi connectivity index (χ0) is 18.4. The van der Waals surface area contributed by atoms with Crippen LogP contribution in [0.1, 0.15) is 37.6 Å². The molecule has 0 atom stereocenters. The summed E-state index contributed by atoms with van der Waals surface area (Å²) < 4.78 is 1.88. The number of benzene rings is 1. The molecule has 0 unspecified atom stereocenters. The lowest BCUT2D eigenvalue weighted by molar-refractivity contribution is 0.0950. The highest BCUT2D eigenvalue weighted by atomic mass is 35.5. The van der Waals surface area contributed by atoms with E-state index in [0.717, 1.165) is 31.6 Å². The van der Waals surface area contributed by atoms with Gasteiger partial charge in [0.25, 0.3) is 5.91 Å². The van der Waals surface area contributed by atoms with E-state index in [-0.39, 0.29) is 16.9 Å². The average Bonchev–Trinajstić information content (AvgIpc) is 2.62. The summed E-state index contributed by atoms with van der Waals surface area (Å²) in [6.07, 6.45) is 2.49. The lowest BCUT2D eigenvalue weighted by atomic mass is 10.1. The van der Waals surface area contributed by atoms with Gasteiger partial charge in [-0.15, -0.1) is 0 Å². The number of amides is 1. The molecule has 6 heteroatoms. The van der Waals surface area contributed by atoms with Crippen LogP contribution in [0.5, 0.6) is 0 Å². The van der Waals surface area contributed by atoms with Crippen LogP contribution in [0.2, 0.25) is 5.02 Å². The second kappa shape index (κ2) is 9.02. The van der Waals surface area contributed by atoms with Gasteiger partial charge in [0.05, 0.1) is 5.52 Å². The minimum Gasteiger partial charge on any atom is -0.352 e. The van der Waals surface area contributed by atoms with Gasteiger partial charge in [-0.05, 0) is 51.2 Å². The molecule has 136 valence electrons. The highest BCUT2D eigenvalue weighted by Gasteiger charge is 2.15. The molecule has 1 amide bonds. The minimum absolute atomic E-state index is 0.180. The maximum absolute atomic E-state index is 12.7. The van der Waals surface area contributed by atoms with Crippen LogP contribution in [0.25, 0.3) is 10.9 Å². The van der Waals surface area contributed by atoms with Gasteiger partial charge in [0.1, 0.15) is 5.56 Å². The fourth-order valence-electron chi connectivity index (χ4n) is 2.93. The van der Waals surface area contributed by atoms with Gasteiger partial charge in [0.15, 0.2) is 0 Å². The standard InChI is InChI=1S/C19H26ClN3O2/c1-4-22(5-2)11-7-10-21-19(25)16-13-23(6-3)17-12-14(20)8-9-15(17)18(16)24/h8-9,12-13H,4-7,10-11H2,1-3H3,(H,21,25). The molecule has 1 aromatic heterocycles. The first-order valence-corrected chi connectivity index (χ1v) is 9.22. The summed E-state index contributed by atoms with van der Waals surface area (Å²) in [5, 5.41) is 3.95. The van der Waals surface area contributed by atoms with Crippen molar-refractivity contribution < 1.29 is 4.79 Å². The lowest BCUT2D eigenvalue weighted by Crippen LogP contribution is -2.32. The van der Waals surface area contributed by atoms with Gasteiger partial charge in [0.2, 0.25) is 5.43 Å². The van der Waals surface area contributed by atoms with Crippen molar-refractivity contribution in [2.45, 2.75) is 33.7 Å². The Morgan fingerprint density at radius 1 is 1.24 bits per heavy atom. The van der Waals surface area contributed by atoms with E-state index in [0.29, 0.717) is 23.5 Å². The molecule has 0 bridgehead atoms. The Balaban J connectivity index is 2.17. The largest absolute Gasteiger partial charge is 0.352 e. The number of nitrogens with one attached hydrogen (secondary N) is 1. The van der Waals surface area contributed by atoms with Crippen molar-refractivity contribution in [2.24, 2.45) is 0 Å². The van der Waals surface area contributed by atoms with Crippen molar-refractivity contribution >= 4 is 28.4 Å². The number of carbonyl (C=O) groups excluding carboxylic acids is 1. The molecular formula is C19H26ClN3O2. The predicted molar refractivity (Wildman–Crippen MR) is 104 cm³/mol. The molecule has 0 spiro atoms. The molecule has 1 aromatic carbocycles. The topological polar surface area (TPSA) is 54.3 Å². The third-order valence-corrected chi connectivity index (χ3v) is 4.69. The van der Waals surface area contributed by atoms with Crippen molar-refractivity contribution in [2.75, 3.05) is 26.2 Å². The smallest absolute Gasteiger partial charge is 0.256 e. The van der Waals surface area contributed by atoms with E-state index in [4.69, 9.17) is 11.6 Å². The number of hydrogen-bond acceptors (Lipinski definition) is 3. The van der Waals surface area contributed by atoms with Gasteiger partial charge in [-0.2, -0.15) is 0 Å². The third kappa shape index (κ3) is 4.61. The fraction of sp³-hybridized carbons (Fsp3) is 0.474. The van der Waals surface area contributed by atoms with E-state index < -0.39 is 0 Å². The van der Waals surface area contributed by atoms with Crippen molar-refractivity contribution in [3.8, 4) is 0 Å². The van der Waals surface area contributed by atoms with E-state index in [1.54, 1.807) is 24.4 Å². The van der Waals surface area contributed by atoms with Crippen molar-refractivity contribution in [3.63, 3.8) is 0 Å². The van der Waals surface area contributed by atoms with Gasteiger partial charge < -0.3 is 14.8 Å². The number of halogens is 1. The summed E-state index contributed by atoms with van der Waals surface area (Å²) in [4.78, 5) is 27.4.